The minimum atomic E-state index is 1.23. The Morgan fingerprint density at radius 3 is 2.93 bits per heavy atom. The smallest absolute Gasteiger partial charge is 0.0343 e. The van der Waals surface area contributed by atoms with E-state index in [1.807, 2.05) is 12.2 Å². The van der Waals surface area contributed by atoms with Gasteiger partial charge in [-0.2, -0.15) is 0 Å². The van der Waals surface area contributed by atoms with E-state index in [-0.39, 0.29) is 0 Å². The van der Waals surface area contributed by atoms with Crippen LogP contribution in [0.3, 0.4) is 0 Å². The Kier molecular flexibility index (Phi) is 2.80. The summed E-state index contributed by atoms with van der Waals surface area (Å²) < 4.78 is 1.34. The van der Waals surface area contributed by atoms with E-state index in [0.717, 1.165) is 0 Å². The fourth-order valence-corrected chi connectivity index (χ4v) is 2.10. The number of rotatable bonds is 2. The van der Waals surface area contributed by atoms with Gasteiger partial charge in [-0.05, 0) is 41.5 Å². The number of thiophene rings is 1. The molecule has 1 aromatic heterocycles. The topological polar surface area (TPSA) is 0 Å². The van der Waals surface area contributed by atoms with Crippen molar-refractivity contribution in [3.8, 4) is 0 Å². The van der Waals surface area contributed by atoms with Crippen LogP contribution in [0.15, 0.2) is 47.9 Å². The second-order valence-corrected chi connectivity index (χ2v) is 3.95. The normalized spacial score (nSPS) is 12.1. The molecule has 1 radical (unpaired) electrons. The Balaban J connectivity index is 2.34. The van der Waals surface area contributed by atoms with E-state index in [1.165, 1.54) is 15.6 Å². The van der Waals surface area contributed by atoms with Gasteiger partial charge < -0.3 is 0 Å². The zero-order valence-electron chi connectivity index (χ0n) is 7.81. The van der Waals surface area contributed by atoms with Gasteiger partial charge in [0.15, 0.2) is 0 Å². The van der Waals surface area contributed by atoms with Gasteiger partial charge in [-0.3, -0.25) is 0 Å². The predicted octanol–water partition coefficient (Wildman–Crippen LogP) is 4.30. The Morgan fingerprint density at radius 2 is 2.07 bits per heavy atom. The highest BCUT2D eigenvalue weighted by Gasteiger charge is 1.93. The van der Waals surface area contributed by atoms with Crippen LogP contribution in [0.2, 0.25) is 0 Å². The maximum Gasteiger partial charge on any atom is 0.0343 e. The van der Waals surface area contributed by atoms with Crippen molar-refractivity contribution in [3.05, 3.63) is 60.4 Å². The van der Waals surface area contributed by atoms with E-state index in [4.69, 9.17) is 0 Å². The highest BCUT2D eigenvalue weighted by Crippen LogP contribution is 2.22. The molecule has 0 N–H and O–H groups in total. The summed E-state index contributed by atoms with van der Waals surface area (Å²) in [6, 6.07) is 8.63. The summed E-state index contributed by atoms with van der Waals surface area (Å²) in [7, 11) is 0. The maximum absolute atomic E-state index is 3.63. The molecule has 1 heterocycles. The zero-order valence-corrected chi connectivity index (χ0v) is 8.63. The summed E-state index contributed by atoms with van der Waals surface area (Å²) in [5.41, 5.74) is 1.23. The Bertz CT molecular complexity index is 475. The van der Waals surface area contributed by atoms with E-state index in [0.29, 0.717) is 0 Å². The molecule has 14 heavy (non-hydrogen) atoms. The van der Waals surface area contributed by atoms with Crippen molar-refractivity contribution in [2.75, 3.05) is 0 Å². The number of benzene rings is 1. The number of hydrogen-bond donors (Lipinski definition) is 0. The summed E-state index contributed by atoms with van der Waals surface area (Å²) in [6.45, 7) is 3.63. The maximum atomic E-state index is 3.63. The summed E-state index contributed by atoms with van der Waals surface area (Å²) in [6.07, 6.45) is 7.79. The minimum Gasteiger partial charge on any atom is -0.144 e. The first kappa shape index (κ1) is 9.22. The molecule has 0 aliphatic rings. The summed E-state index contributed by atoms with van der Waals surface area (Å²) in [4.78, 5) is 0. The molecule has 1 aromatic carbocycles. The van der Waals surface area contributed by atoms with E-state index < -0.39 is 0 Å². The monoisotopic (exact) mass is 199 g/mol. The van der Waals surface area contributed by atoms with Gasteiger partial charge in [-0.25, -0.2) is 0 Å². The van der Waals surface area contributed by atoms with Gasteiger partial charge in [0.25, 0.3) is 0 Å². The van der Waals surface area contributed by atoms with Crippen LogP contribution in [0.5, 0.6) is 0 Å². The molecule has 2 rings (SSSR count). The molecular weight excluding hydrogens is 188 g/mol. The quantitative estimate of drug-likeness (QED) is 0.632. The molecule has 0 atom stereocenters. The lowest BCUT2D eigenvalue weighted by molar-refractivity contribution is 1.76. The molecule has 69 valence electrons. The van der Waals surface area contributed by atoms with Crippen molar-refractivity contribution < 1.29 is 0 Å². The van der Waals surface area contributed by atoms with Crippen molar-refractivity contribution >= 4 is 27.5 Å². The number of allylic oxidation sites excluding steroid dienone is 3. The fraction of sp³-hybridized carbons (Fsp3) is 0. The van der Waals surface area contributed by atoms with Crippen LogP contribution in [0.1, 0.15) is 5.56 Å². The first-order valence-electron chi connectivity index (χ1n) is 4.50. The number of fused-ring (bicyclic) bond motifs is 1. The fourth-order valence-electron chi connectivity index (χ4n) is 1.33. The van der Waals surface area contributed by atoms with Crippen molar-refractivity contribution in [1.82, 2.24) is 0 Å². The molecule has 0 spiro atoms. The Labute approximate surface area is 88.2 Å². The lowest BCUT2D eigenvalue weighted by Crippen LogP contribution is -1.69. The van der Waals surface area contributed by atoms with Gasteiger partial charge in [-0.1, -0.05) is 30.4 Å². The highest BCUT2D eigenvalue weighted by molar-refractivity contribution is 7.17. The molecule has 0 aliphatic heterocycles. The van der Waals surface area contributed by atoms with Gasteiger partial charge in [0.05, 0.1) is 0 Å². The standard InChI is InChI=1S/C13H11S/c1-2-3-4-5-11-6-7-13-12(10-11)8-9-14-13/h2-10H,1H2. The van der Waals surface area contributed by atoms with E-state index in [9.17, 15) is 0 Å². The van der Waals surface area contributed by atoms with Crippen LogP contribution in [0.25, 0.3) is 16.2 Å². The molecular formula is C13H11S. The van der Waals surface area contributed by atoms with Crippen LogP contribution in [0, 0.1) is 6.92 Å². The Hall–Kier alpha value is -1.34. The van der Waals surface area contributed by atoms with Gasteiger partial charge in [0.1, 0.15) is 0 Å². The van der Waals surface area contributed by atoms with Crippen molar-refractivity contribution in [2.24, 2.45) is 0 Å². The third kappa shape index (κ3) is 1.94. The molecule has 0 saturated heterocycles. The minimum absolute atomic E-state index is 1.23. The van der Waals surface area contributed by atoms with Gasteiger partial charge in [0, 0.05) is 4.70 Å². The second-order valence-electron chi connectivity index (χ2n) is 3.01. The average molecular weight is 199 g/mol. The lowest BCUT2D eigenvalue weighted by atomic mass is 10.1. The van der Waals surface area contributed by atoms with E-state index in [1.54, 1.807) is 17.4 Å². The summed E-state index contributed by atoms with van der Waals surface area (Å²) in [5.74, 6) is 0. The zero-order chi connectivity index (χ0) is 9.80. The van der Waals surface area contributed by atoms with Gasteiger partial charge >= 0.3 is 0 Å². The lowest BCUT2D eigenvalue weighted by Gasteiger charge is -1.92. The van der Waals surface area contributed by atoms with Crippen molar-refractivity contribution in [2.45, 2.75) is 0 Å². The molecule has 0 saturated carbocycles. The van der Waals surface area contributed by atoms with Crippen LogP contribution >= 0.6 is 11.3 Å². The first-order valence-corrected chi connectivity index (χ1v) is 5.38. The Morgan fingerprint density at radius 1 is 1.14 bits per heavy atom. The van der Waals surface area contributed by atoms with E-state index >= 15 is 0 Å². The SMILES string of the molecule is [CH2]C=CC=Cc1ccc2sccc2c1. The largest absolute Gasteiger partial charge is 0.144 e. The summed E-state index contributed by atoms with van der Waals surface area (Å²) >= 11 is 1.78. The van der Waals surface area contributed by atoms with Gasteiger partial charge in [-0.15, -0.1) is 11.3 Å². The van der Waals surface area contributed by atoms with E-state index in [2.05, 4.69) is 42.6 Å². The van der Waals surface area contributed by atoms with Crippen LogP contribution < -0.4 is 0 Å². The second kappa shape index (κ2) is 4.25. The first-order chi connectivity index (χ1) is 6.90. The van der Waals surface area contributed by atoms with Crippen LogP contribution in [-0.4, -0.2) is 0 Å². The van der Waals surface area contributed by atoms with Crippen LogP contribution in [-0.2, 0) is 0 Å². The van der Waals surface area contributed by atoms with Crippen LogP contribution in [0.4, 0.5) is 0 Å². The third-order valence-corrected chi connectivity index (χ3v) is 2.91. The molecule has 1 heteroatoms. The molecule has 0 amide bonds. The molecule has 2 aromatic rings. The third-order valence-electron chi connectivity index (χ3n) is 2.01. The molecule has 0 unspecified atom stereocenters. The van der Waals surface area contributed by atoms with Crippen molar-refractivity contribution in [3.63, 3.8) is 0 Å². The molecule has 0 fully saturated rings. The predicted molar refractivity (Wildman–Crippen MR) is 65.4 cm³/mol. The average Bonchev–Trinajstić information content (AvgIpc) is 2.65. The number of hydrogen-bond acceptors (Lipinski definition) is 1. The molecule has 0 aliphatic carbocycles. The molecule has 0 nitrogen and oxygen atoms in total. The highest BCUT2D eigenvalue weighted by atomic mass is 32.1. The molecule has 0 bridgehead atoms. The van der Waals surface area contributed by atoms with Crippen molar-refractivity contribution in [1.29, 1.82) is 0 Å². The summed E-state index contributed by atoms with van der Waals surface area (Å²) in [5, 5.41) is 3.43. The van der Waals surface area contributed by atoms with Gasteiger partial charge in [0.2, 0.25) is 0 Å².